The maximum absolute atomic E-state index is 4.50. The minimum Gasteiger partial charge on any atom is -0.333 e. The van der Waals surface area contributed by atoms with Gasteiger partial charge < -0.3 is 5.73 Å². The molecule has 0 saturated carbocycles. The van der Waals surface area contributed by atoms with Gasteiger partial charge in [-0.1, -0.05) is 76.3 Å². The second kappa shape index (κ2) is 14.3. The van der Waals surface area contributed by atoms with Gasteiger partial charge >= 0.3 is 0 Å². The number of hydrogen-bond donors (Lipinski definition) is 1. The molecule has 0 amide bonds. The van der Waals surface area contributed by atoms with Crippen LogP contribution in [0.5, 0.6) is 0 Å². The zero-order chi connectivity index (χ0) is 17.5. The van der Waals surface area contributed by atoms with Crippen LogP contribution in [-0.2, 0) is 12.8 Å². The van der Waals surface area contributed by atoms with Crippen molar-refractivity contribution in [1.82, 2.24) is 0 Å². The molecule has 0 aliphatic heterocycles. The molecule has 2 N–H and O–H groups in total. The summed E-state index contributed by atoms with van der Waals surface area (Å²) in [5.41, 5.74) is 10.8. The Morgan fingerprint density at radius 1 is 1.00 bits per heavy atom. The van der Waals surface area contributed by atoms with Gasteiger partial charge in [0.1, 0.15) is 0 Å². The van der Waals surface area contributed by atoms with Crippen molar-refractivity contribution in [1.29, 1.82) is 0 Å². The van der Waals surface area contributed by atoms with Crippen LogP contribution in [0.25, 0.3) is 0 Å². The van der Waals surface area contributed by atoms with Gasteiger partial charge in [-0.05, 0) is 56.0 Å². The number of benzene rings is 1. The number of rotatable bonds is 5. The first kappa shape index (κ1) is 22.7. The van der Waals surface area contributed by atoms with E-state index in [0.717, 1.165) is 18.4 Å². The van der Waals surface area contributed by atoms with Gasteiger partial charge in [-0.2, -0.15) is 0 Å². The average molecular weight is 302 g/mol. The molecule has 0 saturated heterocycles. The van der Waals surface area contributed by atoms with E-state index in [1.165, 1.54) is 35.7 Å². The third-order valence-corrected chi connectivity index (χ3v) is 3.19. The molecule has 1 nitrogen and oxygen atoms in total. The van der Waals surface area contributed by atoms with Crippen LogP contribution in [0.3, 0.4) is 0 Å². The number of nitrogens with two attached hydrogens (primary N) is 1. The molecule has 0 spiro atoms. The van der Waals surface area contributed by atoms with Gasteiger partial charge in [0.15, 0.2) is 0 Å². The van der Waals surface area contributed by atoms with E-state index in [9.17, 15) is 0 Å². The van der Waals surface area contributed by atoms with E-state index in [1.54, 1.807) is 0 Å². The summed E-state index contributed by atoms with van der Waals surface area (Å²) in [5.74, 6) is 0. The molecular weight excluding hydrogens is 266 g/mol. The normalized spacial score (nSPS) is 10.3. The topological polar surface area (TPSA) is 26.0 Å². The minimum absolute atomic E-state index is 0.937. The largest absolute Gasteiger partial charge is 0.333 e. The van der Waals surface area contributed by atoms with Crippen molar-refractivity contribution < 1.29 is 0 Å². The molecule has 0 heterocycles. The number of allylic oxidation sites excluding steroid dienone is 4. The van der Waals surface area contributed by atoms with Crippen LogP contribution in [0.2, 0.25) is 0 Å². The lowest BCUT2D eigenvalue weighted by Crippen LogP contribution is -1.93. The first-order chi connectivity index (χ1) is 10.5. The molecular formula is C21H35N. The van der Waals surface area contributed by atoms with Crippen LogP contribution in [0.4, 0.5) is 0 Å². The van der Waals surface area contributed by atoms with Crippen LogP contribution >= 0.6 is 0 Å². The second-order valence-corrected chi connectivity index (χ2v) is 5.19. The molecule has 1 aromatic rings. The molecule has 0 atom stereocenters. The Kier molecular flexibility index (Phi) is 14.8. The molecule has 0 bridgehead atoms. The smallest absolute Gasteiger partial charge is 0.00233 e. The monoisotopic (exact) mass is 301 g/mol. The van der Waals surface area contributed by atoms with Gasteiger partial charge in [0.25, 0.3) is 0 Å². The summed E-state index contributed by atoms with van der Waals surface area (Å²) in [6.45, 7) is 18.5. The standard InChI is InChI=1S/C17H22.C3H8.CH5N/c1-6-15-8-10-16(11-9-15)12-17(7-2)14(5)13(3)4;1-3-2;1-2/h7-11H,2-3,6,12H2,1,4-5H3;3H2,1-2H3;2H2,1H3/b17-14+;;. The maximum Gasteiger partial charge on any atom is -0.00233 e. The van der Waals surface area contributed by atoms with Crippen molar-refractivity contribution in [2.24, 2.45) is 5.73 Å². The van der Waals surface area contributed by atoms with E-state index < -0.39 is 0 Å². The van der Waals surface area contributed by atoms with Crippen molar-refractivity contribution >= 4 is 0 Å². The van der Waals surface area contributed by atoms with Gasteiger partial charge in [-0.25, -0.2) is 0 Å². The fourth-order valence-electron chi connectivity index (χ4n) is 1.74. The molecule has 1 rings (SSSR count). The summed E-state index contributed by atoms with van der Waals surface area (Å²) in [5, 5.41) is 0. The van der Waals surface area contributed by atoms with E-state index >= 15 is 0 Å². The highest BCUT2D eigenvalue weighted by atomic mass is 14.4. The Morgan fingerprint density at radius 2 is 1.41 bits per heavy atom. The molecule has 0 aliphatic rings. The van der Waals surface area contributed by atoms with Crippen LogP contribution in [0, 0.1) is 0 Å². The third-order valence-electron chi connectivity index (χ3n) is 3.19. The lowest BCUT2D eigenvalue weighted by Gasteiger charge is -2.09. The molecule has 124 valence electrons. The Morgan fingerprint density at radius 3 is 1.73 bits per heavy atom. The lowest BCUT2D eigenvalue weighted by molar-refractivity contribution is 1.09. The minimum atomic E-state index is 0.937. The van der Waals surface area contributed by atoms with Crippen molar-refractivity contribution in [3.05, 3.63) is 71.3 Å². The quantitative estimate of drug-likeness (QED) is 0.677. The van der Waals surface area contributed by atoms with E-state index in [0.29, 0.717) is 0 Å². The van der Waals surface area contributed by atoms with Crippen molar-refractivity contribution in [3.8, 4) is 0 Å². The van der Waals surface area contributed by atoms with Crippen LogP contribution in [0.1, 0.15) is 52.2 Å². The van der Waals surface area contributed by atoms with Gasteiger partial charge in [-0.15, -0.1) is 0 Å². The van der Waals surface area contributed by atoms with E-state index in [-0.39, 0.29) is 0 Å². The van der Waals surface area contributed by atoms with Gasteiger partial charge in [-0.3, -0.25) is 0 Å². The number of hydrogen-bond acceptors (Lipinski definition) is 1. The highest BCUT2D eigenvalue weighted by Gasteiger charge is 2.02. The Hall–Kier alpha value is -1.60. The zero-order valence-electron chi connectivity index (χ0n) is 15.5. The lowest BCUT2D eigenvalue weighted by atomic mass is 9.97. The Labute approximate surface area is 138 Å². The van der Waals surface area contributed by atoms with E-state index in [2.05, 4.69) is 70.9 Å². The van der Waals surface area contributed by atoms with Crippen LogP contribution in [-0.4, -0.2) is 7.05 Å². The zero-order valence-corrected chi connectivity index (χ0v) is 15.5. The summed E-state index contributed by atoms with van der Waals surface area (Å²) in [4.78, 5) is 0. The predicted octanol–water partition coefficient (Wildman–Crippen LogP) is 5.86. The Balaban J connectivity index is 0. The second-order valence-electron chi connectivity index (χ2n) is 5.19. The van der Waals surface area contributed by atoms with Crippen LogP contribution < -0.4 is 5.73 Å². The van der Waals surface area contributed by atoms with E-state index in [4.69, 9.17) is 0 Å². The molecule has 0 unspecified atom stereocenters. The molecule has 1 aromatic carbocycles. The summed E-state index contributed by atoms with van der Waals surface area (Å²) >= 11 is 0. The van der Waals surface area contributed by atoms with Crippen molar-refractivity contribution in [2.75, 3.05) is 7.05 Å². The summed E-state index contributed by atoms with van der Waals surface area (Å²) in [6, 6.07) is 8.81. The number of aryl methyl sites for hydroxylation is 1. The van der Waals surface area contributed by atoms with Gasteiger partial charge in [0, 0.05) is 0 Å². The molecule has 1 heteroatoms. The van der Waals surface area contributed by atoms with Gasteiger partial charge in [0.2, 0.25) is 0 Å². The van der Waals surface area contributed by atoms with Crippen molar-refractivity contribution in [3.63, 3.8) is 0 Å². The molecule has 0 aromatic heterocycles. The van der Waals surface area contributed by atoms with Gasteiger partial charge in [0.05, 0.1) is 0 Å². The Bertz CT molecular complexity index is 449. The molecule has 0 fully saturated rings. The predicted molar refractivity (Wildman–Crippen MR) is 103 cm³/mol. The van der Waals surface area contributed by atoms with Crippen LogP contribution in [0.15, 0.2) is 60.2 Å². The highest BCUT2D eigenvalue weighted by Crippen LogP contribution is 2.18. The molecule has 22 heavy (non-hydrogen) atoms. The van der Waals surface area contributed by atoms with E-state index in [1.807, 2.05) is 13.0 Å². The third kappa shape index (κ3) is 9.36. The summed E-state index contributed by atoms with van der Waals surface area (Å²) in [6.07, 6.45) is 5.22. The van der Waals surface area contributed by atoms with Crippen molar-refractivity contribution in [2.45, 2.75) is 53.9 Å². The summed E-state index contributed by atoms with van der Waals surface area (Å²) < 4.78 is 0. The first-order valence-electron chi connectivity index (χ1n) is 8.13. The SMILES string of the molecule is C=C/C(Cc1ccc(CC)cc1)=C(/C)C(=C)C.CCC.CN. The maximum atomic E-state index is 4.50. The molecule has 0 aliphatic carbocycles. The molecule has 0 radical (unpaired) electrons. The first-order valence-corrected chi connectivity index (χ1v) is 8.13. The fourth-order valence-corrected chi connectivity index (χ4v) is 1.74. The highest BCUT2D eigenvalue weighted by molar-refractivity contribution is 5.39. The average Bonchev–Trinajstić information content (AvgIpc) is 2.55. The summed E-state index contributed by atoms with van der Waals surface area (Å²) in [7, 11) is 1.50. The fraction of sp³-hybridized carbons (Fsp3) is 0.429.